The number of carbonyl (C=O) groups is 7. The lowest BCUT2D eigenvalue weighted by molar-refractivity contribution is -0.143. The third-order valence-electron chi connectivity index (χ3n) is 11.7. The van der Waals surface area contributed by atoms with E-state index in [1.165, 1.54) is 38.9 Å². The van der Waals surface area contributed by atoms with Gasteiger partial charge in [-0.2, -0.15) is 0 Å². The molecule has 7 atom stereocenters. The van der Waals surface area contributed by atoms with E-state index in [1.807, 2.05) is 12.1 Å². The summed E-state index contributed by atoms with van der Waals surface area (Å²) in [5.41, 5.74) is 2.64. The van der Waals surface area contributed by atoms with Crippen molar-refractivity contribution in [2.24, 2.45) is 11.8 Å². The molecule has 0 aromatic heterocycles. The van der Waals surface area contributed by atoms with Crippen LogP contribution in [0.5, 0.6) is 0 Å². The Hall–Kier alpha value is -5.41. The molecule has 0 saturated heterocycles. The second kappa shape index (κ2) is 21.7. The molecule has 6 N–H and O–H groups in total. The molecule has 0 saturated carbocycles. The summed E-state index contributed by atoms with van der Waals surface area (Å²) < 4.78 is 0. The van der Waals surface area contributed by atoms with Crippen molar-refractivity contribution in [1.82, 2.24) is 20.4 Å². The van der Waals surface area contributed by atoms with Gasteiger partial charge < -0.3 is 40.9 Å². The van der Waals surface area contributed by atoms with E-state index in [0.29, 0.717) is 22.3 Å². The number of likely N-dealkylation sites (N-methyl/N-ethyl adjacent to an activating group) is 2. The number of rotatable bonds is 16. The lowest BCUT2D eigenvalue weighted by Gasteiger charge is -2.36. The third-order valence-corrected chi connectivity index (χ3v) is 11.7. The average Bonchev–Trinajstić information content (AvgIpc) is 3.22. The second-order valence-corrected chi connectivity index (χ2v) is 16.2. The number of ketones is 2. The summed E-state index contributed by atoms with van der Waals surface area (Å²) in [6.45, 7) is 4.35. The molecule has 4 bridgehead atoms. The molecule has 1 aromatic carbocycles. The summed E-state index contributed by atoms with van der Waals surface area (Å²) in [5, 5.41) is 46.9. The number of carbonyl (C=O) groups excluding carboxylic acids is 6. The van der Waals surface area contributed by atoms with Crippen LogP contribution < -0.4 is 10.6 Å². The number of Topliss-reactive ketones (excluding diaryl/α,β-unsaturated/α-hetero) is 2. The standard InChI is InChI=1S/C45H60N4O11/c1-6-7-8-9-10-28-11-14-30(15-12-28)44(58)48(4)35(25-50)43(57)46-27(3)36(51)19-20-40(55)49(5)41-31-16-18-38(53)33(24-31)32-22-29(13-17-37(32)52)23-34(45(59)60)47-42(56)26(2)21-39(41)54/h11-16,18,22,26-27,31,34-35,37,41,50,52-53H,6-10,17,19-21,23-25H2,1-5H3,(H,46,57)(H,47,56)(H,59,60)/t26-,27-,31+,34+,35-,37?,41+/m1/s1. The highest BCUT2D eigenvalue weighted by Gasteiger charge is 2.39. The maximum atomic E-state index is 14.0. The normalized spacial score (nSPS) is 22.9. The Morgan fingerprint density at radius 1 is 0.983 bits per heavy atom. The Labute approximate surface area is 351 Å². The Morgan fingerprint density at radius 2 is 1.68 bits per heavy atom. The number of fused-ring (bicyclic) bond motifs is 4. The summed E-state index contributed by atoms with van der Waals surface area (Å²) >= 11 is 0. The number of nitrogens with zero attached hydrogens (tertiary/aromatic N) is 2. The van der Waals surface area contributed by atoms with Gasteiger partial charge in [0.25, 0.3) is 5.91 Å². The van der Waals surface area contributed by atoms with E-state index < -0.39 is 89.9 Å². The van der Waals surface area contributed by atoms with Crippen LogP contribution in [0.3, 0.4) is 0 Å². The molecule has 2 aliphatic carbocycles. The van der Waals surface area contributed by atoms with Gasteiger partial charge in [0.15, 0.2) is 11.6 Å². The topological polar surface area (TPSA) is 231 Å². The zero-order chi connectivity index (χ0) is 44.3. The number of benzene rings is 1. The highest BCUT2D eigenvalue weighted by Crippen LogP contribution is 2.37. The number of aryl methyl sites for hydroxylation is 1. The number of aliphatic hydroxyl groups excluding tert-OH is 3. The fourth-order valence-corrected chi connectivity index (χ4v) is 7.85. The molecule has 326 valence electrons. The smallest absolute Gasteiger partial charge is 0.326 e. The average molecular weight is 833 g/mol. The van der Waals surface area contributed by atoms with Gasteiger partial charge in [-0.3, -0.25) is 28.8 Å². The molecule has 15 nitrogen and oxygen atoms in total. The van der Waals surface area contributed by atoms with E-state index in [1.54, 1.807) is 30.4 Å². The van der Waals surface area contributed by atoms with Crippen LogP contribution in [-0.4, -0.2) is 122 Å². The van der Waals surface area contributed by atoms with Crippen molar-refractivity contribution in [1.29, 1.82) is 0 Å². The Morgan fingerprint density at radius 3 is 2.33 bits per heavy atom. The molecular weight excluding hydrogens is 773 g/mol. The van der Waals surface area contributed by atoms with Gasteiger partial charge in [-0.25, -0.2) is 4.79 Å². The highest BCUT2D eigenvalue weighted by atomic mass is 16.4. The van der Waals surface area contributed by atoms with Crippen LogP contribution >= 0.6 is 0 Å². The van der Waals surface area contributed by atoms with E-state index >= 15 is 0 Å². The molecule has 1 aliphatic heterocycles. The molecule has 1 aromatic rings. The summed E-state index contributed by atoms with van der Waals surface area (Å²) in [5.74, 6) is -6.64. The number of aliphatic hydroxyl groups is 3. The zero-order valence-electron chi connectivity index (χ0n) is 35.2. The predicted molar refractivity (Wildman–Crippen MR) is 222 cm³/mol. The molecule has 0 fully saturated rings. The fourth-order valence-electron chi connectivity index (χ4n) is 7.85. The summed E-state index contributed by atoms with van der Waals surface area (Å²) in [4.78, 5) is 95.2. The second-order valence-electron chi connectivity index (χ2n) is 16.2. The first-order chi connectivity index (χ1) is 28.5. The molecule has 3 aliphatic rings. The van der Waals surface area contributed by atoms with E-state index in [0.717, 1.165) is 42.6 Å². The number of aliphatic carboxylic acids is 1. The minimum absolute atomic E-state index is 0.0326. The van der Waals surface area contributed by atoms with E-state index in [2.05, 4.69) is 17.6 Å². The molecule has 4 rings (SSSR count). The maximum Gasteiger partial charge on any atom is 0.326 e. The molecular formula is C45H60N4O11. The number of carboxylic acids is 1. The van der Waals surface area contributed by atoms with Gasteiger partial charge in [-0.05, 0) is 67.5 Å². The van der Waals surface area contributed by atoms with Crippen LogP contribution in [0.25, 0.3) is 0 Å². The first kappa shape index (κ1) is 47.3. The minimum Gasteiger partial charge on any atom is -0.508 e. The van der Waals surface area contributed by atoms with Crippen molar-refractivity contribution in [2.45, 2.75) is 122 Å². The van der Waals surface area contributed by atoms with Crippen molar-refractivity contribution in [2.75, 3.05) is 20.7 Å². The van der Waals surface area contributed by atoms with E-state index in [4.69, 9.17) is 0 Å². The van der Waals surface area contributed by atoms with Gasteiger partial charge in [-0.1, -0.05) is 63.5 Å². The molecule has 0 spiro atoms. The molecule has 1 unspecified atom stereocenters. The Balaban J connectivity index is 1.43. The first-order valence-electron chi connectivity index (χ1n) is 20.8. The van der Waals surface area contributed by atoms with Crippen LogP contribution in [0.2, 0.25) is 0 Å². The van der Waals surface area contributed by atoms with Crippen LogP contribution in [0.4, 0.5) is 0 Å². The van der Waals surface area contributed by atoms with Gasteiger partial charge in [0, 0.05) is 62.8 Å². The van der Waals surface area contributed by atoms with Crippen LogP contribution in [0.1, 0.15) is 101 Å². The number of hydrogen-bond donors (Lipinski definition) is 6. The van der Waals surface area contributed by atoms with Crippen molar-refractivity contribution in [3.63, 3.8) is 0 Å². The van der Waals surface area contributed by atoms with Gasteiger partial charge in [0.1, 0.15) is 17.8 Å². The van der Waals surface area contributed by atoms with E-state index in [-0.39, 0.29) is 44.3 Å². The van der Waals surface area contributed by atoms with Crippen LogP contribution in [0.15, 0.2) is 71.0 Å². The minimum atomic E-state index is -1.33. The fraction of sp³-hybridized carbons (Fsp3) is 0.533. The maximum absolute atomic E-state index is 14.0. The largest absolute Gasteiger partial charge is 0.508 e. The van der Waals surface area contributed by atoms with E-state index in [9.17, 15) is 54.0 Å². The number of amides is 4. The molecule has 0 radical (unpaired) electrons. The Kier molecular flexibility index (Phi) is 17.1. The van der Waals surface area contributed by atoms with Gasteiger partial charge in [-0.15, -0.1) is 0 Å². The summed E-state index contributed by atoms with van der Waals surface area (Å²) in [7, 11) is 2.79. The first-order valence-corrected chi connectivity index (χ1v) is 20.8. The lowest BCUT2D eigenvalue weighted by Crippen LogP contribution is -2.53. The molecule has 15 heteroatoms. The number of carboxylic acid groups (broad SMARTS) is 1. The Bertz CT molecular complexity index is 1920. The monoisotopic (exact) mass is 832 g/mol. The summed E-state index contributed by atoms with van der Waals surface area (Å²) in [6.07, 6.45) is 9.59. The summed E-state index contributed by atoms with van der Waals surface area (Å²) in [6, 6.07) is 2.20. The molecule has 4 amide bonds. The van der Waals surface area contributed by atoms with Crippen LogP contribution in [0, 0.1) is 11.8 Å². The molecule has 1 heterocycles. The highest BCUT2D eigenvalue weighted by molar-refractivity contribution is 5.99. The number of nitrogens with one attached hydrogen (secondary N) is 2. The van der Waals surface area contributed by atoms with Gasteiger partial charge >= 0.3 is 5.97 Å². The van der Waals surface area contributed by atoms with Gasteiger partial charge in [0.2, 0.25) is 17.7 Å². The predicted octanol–water partition coefficient (Wildman–Crippen LogP) is 3.50. The van der Waals surface area contributed by atoms with Gasteiger partial charge in [0.05, 0.1) is 24.8 Å². The SMILES string of the molecule is CCCCCCc1ccc(C(=O)N(C)[C@H](CO)C(=O)N[C@H](C)C(=O)CCC(=O)N(C)[C@@H]2C(=O)C[C@@H](C)C(=O)N[C@H](C(=O)O)CC3=CCC(O)C(=C3)C3=C(O)C=C[C@H]2C3)cc1. The number of hydrogen-bond acceptors (Lipinski definition) is 10. The number of unbranched alkanes of at least 4 members (excludes halogenated alkanes) is 3. The number of allylic oxidation sites excluding steroid dienone is 2. The zero-order valence-corrected chi connectivity index (χ0v) is 35.2. The van der Waals surface area contributed by atoms with Crippen molar-refractivity contribution >= 4 is 41.2 Å². The third kappa shape index (κ3) is 12.1. The van der Waals surface area contributed by atoms with Crippen molar-refractivity contribution < 1.29 is 54.0 Å². The van der Waals surface area contributed by atoms with Crippen LogP contribution in [-0.2, 0) is 35.2 Å². The lowest BCUT2D eigenvalue weighted by atomic mass is 9.78. The quantitative estimate of drug-likeness (QED) is 0.132. The van der Waals surface area contributed by atoms with Crippen molar-refractivity contribution in [3.05, 3.63) is 82.2 Å². The molecule has 60 heavy (non-hydrogen) atoms. The van der Waals surface area contributed by atoms with Crippen molar-refractivity contribution in [3.8, 4) is 0 Å².